The fourth-order valence-corrected chi connectivity index (χ4v) is 2.09. The second kappa shape index (κ2) is 5.16. The van der Waals surface area contributed by atoms with Crippen LogP contribution in [0.2, 0.25) is 0 Å². The molecule has 1 aromatic carbocycles. The van der Waals surface area contributed by atoms with Gasteiger partial charge in [0.2, 0.25) is 0 Å². The largest absolute Gasteiger partial charge is 0.478 e. The summed E-state index contributed by atoms with van der Waals surface area (Å²) in [5.74, 6) is -2.33. The molecule has 0 bridgehead atoms. The first-order valence-electron chi connectivity index (χ1n) is 5.91. The summed E-state index contributed by atoms with van der Waals surface area (Å²) in [4.78, 5) is 24.3. The molecule has 96 valence electrons. The number of benzene rings is 1. The lowest BCUT2D eigenvalue weighted by molar-refractivity contribution is 0.0689. The molecule has 1 aliphatic heterocycles. The molecule has 0 unspecified atom stereocenters. The predicted octanol–water partition coefficient (Wildman–Crippen LogP) is 2.15. The maximum atomic E-state index is 13.7. The van der Waals surface area contributed by atoms with Gasteiger partial charge in [-0.1, -0.05) is 0 Å². The lowest BCUT2D eigenvalue weighted by Gasteiger charge is -2.26. The van der Waals surface area contributed by atoms with E-state index in [9.17, 15) is 14.0 Å². The van der Waals surface area contributed by atoms with Gasteiger partial charge in [0.1, 0.15) is 5.82 Å². The highest BCUT2D eigenvalue weighted by molar-refractivity contribution is 5.96. The van der Waals surface area contributed by atoms with E-state index >= 15 is 0 Å². The topological polar surface area (TPSA) is 57.6 Å². The minimum absolute atomic E-state index is 0.0538. The third-order valence-corrected chi connectivity index (χ3v) is 3.09. The first-order chi connectivity index (χ1) is 8.59. The molecule has 18 heavy (non-hydrogen) atoms. The van der Waals surface area contributed by atoms with Crippen LogP contribution in [0.4, 0.5) is 4.39 Å². The summed E-state index contributed by atoms with van der Waals surface area (Å²) in [7, 11) is 0. The van der Waals surface area contributed by atoms with Crippen molar-refractivity contribution in [1.82, 2.24) is 4.90 Å². The van der Waals surface area contributed by atoms with E-state index in [0.29, 0.717) is 13.1 Å². The summed E-state index contributed by atoms with van der Waals surface area (Å²) in [5, 5.41) is 8.73. The molecule has 0 aromatic heterocycles. The predicted molar refractivity (Wildman–Crippen MR) is 63.1 cm³/mol. The summed E-state index contributed by atoms with van der Waals surface area (Å²) < 4.78 is 13.7. The Balaban J connectivity index is 2.22. The number of hydrogen-bond donors (Lipinski definition) is 1. The van der Waals surface area contributed by atoms with Gasteiger partial charge in [-0.15, -0.1) is 0 Å². The van der Waals surface area contributed by atoms with Gasteiger partial charge in [-0.25, -0.2) is 9.18 Å². The zero-order valence-electron chi connectivity index (χ0n) is 9.86. The first-order valence-corrected chi connectivity index (χ1v) is 5.91. The molecule has 0 radical (unpaired) electrons. The molecular formula is C13H14FNO3. The van der Waals surface area contributed by atoms with Crippen LogP contribution >= 0.6 is 0 Å². The zero-order valence-corrected chi connectivity index (χ0v) is 9.86. The molecule has 1 amide bonds. The van der Waals surface area contributed by atoms with Crippen molar-refractivity contribution in [1.29, 1.82) is 0 Å². The van der Waals surface area contributed by atoms with Gasteiger partial charge < -0.3 is 10.0 Å². The van der Waals surface area contributed by atoms with E-state index in [-0.39, 0.29) is 17.0 Å². The molecular weight excluding hydrogens is 237 g/mol. The van der Waals surface area contributed by atoms with Crippen LogP contribution in [0, 0.1) is 5.82 Å². The molecule has 1 saturated heterocycles. The third-order valence-electron chi connectivity index (χ3n) is 3.09. The Morgan fingerprint density at radius 1 is 1.17 bits per heavy atom. The lowest BCUT2D eigenvalue weighted by Crippen LogP contribution is -2.36. The van der Waals surface area contributed by atoms with Crippen LogP contribution in [-0.4, -0.2) is 35.0 Å². The number of piperidine rings is 1. The van der Waals surface area contributed by atoms with Crippen molar-refractivity contribution in [3.63, 3.8) is 0 Å². The van der Waals surface area contributed by atoms with Crippen LogP contribution in [0.15, 0.2) is 18.2 Å². The Morgan fingerprint density at radius 2 is 1.83 bits per heavy atom. The second-order valence-electron chi connectivity index (χ2n) is 4.35. The molecule has 4 nitrogen and oxygen atoms in total. The Hall–Kier alpha value is -1.91. The van der Waals surface area contributed by atoms with Gasteiger partial charge in [0.25, 0.3) is 5.91 Å². The fraction of sp³-hybridized carbons (Fsp3) is 0.385. The fourth-order valence-electron chi connectivity index (χ4n) is 2.09. The van der Waals surface area contributed by atoms with Crippen LogP contribution in [0.25, 0.3) is 0 Å². The van der Waals surface area contributed by atoms with E-state index in [1.807, 2.05) is 0 Å². The van der Waals surface area contributed by atoms with Crippen molar-refractivity contribution in [2.24, 2.45) is 0 Å². The Bertz CT molecular complexity index is 481. The number of carbonyl (C=O) groups is 2. The molecule has 0 spiro atoms. The number of carbonyl (C=O) groups excluding carboxylic acids is 1. The van der Waals surface area contributed by atoms with Crippen molar-refractivity contribution in [2.75, 3.05) is 13.1 Å². The zero-order chi connectivity index (χ0) is 13.1. The maximum Gasteiger partial charge on any atom is 0.335 e. The number of amides is 1. The van der Waals surface area contributed by atoms with Crippen LogP contribution in [0.3, 0.4) is 0 Å². The van der Waals surface area contributed by atoms with E-state index in [2.05, 4.69) is 0 Å². The van der Waals surface area contributed by atoms with Gasteiger partial charge in [0.15, 0.2) is 0 Å². The van der Waals surface area contributed by atoms with Crippen molar-refractivity contribution in [3.05, 3.63) is 35.1 Å². The number of hydrogen-bond acceptors (Lipinski definition) is 2. The molecule has 0 aliphatic carbocycles. The summed E-state index contributed by atoms with van der Waals surface area (Å²) in [6, 6.07) is 3.39. The van der Waals surface area contributed by atoms with Crippen LogP contribution in [0.1, 0.15) is 40.0 Å². The van der Waals surface area contributed by atoms with Gasteiger partial charge in [0, 0.05) is 13.1 Å². The Morgan fingerprint density at radius 3 is 2.39 bits per heavy atom. The molecule has 2 rings (SSSR count). The van der Waals surface area contributed by atoms with Crippen LogP contribution in [0.5, 0.6) is 0 Å². The van der Waals surface area contributed by atoms with Gasteiger partial charge in [-0.05, 0) is 37.5 Å². The standard InChI is InChI=1S/C13H14FNO3/c14-11-8-9(13(17)18)4-5-10(11)12(16)15-6-2-1-3-7-15/h4-5,8H,1-3,6-7H2,(H,17,18). The summed E-state index contributed by atoms with van der Waals surface area (Å²) in [6.07, 6.45) is 2.95. The minimum atomic E-state index is -1.20. The molecule has 1 aromatic rings. The third kappa shape index (κ3) is 2.50. The van der Waals surface area contributed by atoms with Crippen molar-refractivity contribution >= 4 is 11.9 Å². The monoisotopic (exact) mass is 251 g/mol. The van der Waals surface area contributed by atoms with E-state index in [4.69, 9.17) is 5.11 Å². The average molecular weight is 251 g/mol. The van der Waals surface area contributed by atoms with Crippen molar-refractivity contribution in [2.45, 2.75) is 19.3 Å². The minimum Gasteiger partial charge on any atom is -0.478 e. The molecule has 1 N–H and O–H groups in total. The Labute approximate surface area is 104 Å². The molecule has 1 aliphatic rings. The quantitative estimate of drug-likeness (QED) is 0.876. The van der Waals surface area contributed by atoms with E-state index in [1.165, 1.54) is 12.1 Å². The average Bonchev–Trinajstić information content (AvgIpc) is 2.38. The van der Waals surface area contributed by atoms with E-state index in [1.54, 1.807) is 4.90 Å². The van der Waals surface area contributed by atoms with Crippen LogP contribution in [-0.2, 0) is 0 Å². The van der Waals surface area contributed by atoms with Crippen molar-refractivity contribution < 1.29 is 19.1 Å². The van der Waals surface area contributed by atoms with Crippen molar-refractivity contribution in [3.8, 4) is 0 Å². The first kappa shape index (κ1) is 12.5. The van der Waals surface area contributed by atoms with Gasteiger partial charge in [0.05, 0.1) is 11.1 Å². The highest BCUT2D eigenvalue weighted by atomic mass is 19.1. The van der Waals surface area contributed by atoms with E-state index in [0.717, 1.165) is 25.3 Å². The SMILES string of the molecule is O=C(O)c1ccc(C(=O)N2CCCCC2)c(F)c1. The number of halogens is 1. The number of rotatable bonds is 2. The van der Waals surface area contributed by atoms with Crippen LogP contribution < -0.4 is 0 Å². The molecule has 1 heterocycles. The lowest BCUT2D eigenvalue weighted by atomic mass is 10.1. The van der Waals surface area contributed by atoms with Gasteiger partial charge >= 0.3 is 5.97 Å². The smallest absolute Gasteiger partial charge is 0.335 e. The molecule has 5 heteroatoms. The highest BCUT2D eigenvalue weighted by Crippen LogP contribution is 2.16. The van der Waals surface area contributed by atoms with Gasteiger partial charge in [-0.2, -0.15) is 0 Å². The molecule has 1 fully saturated rings. The highest BCUT2D eigenvalue weighted by Gasteiger charge is 2.21. The summed E-state index contributed by atoms with van der Waals surface area (Å²) in [5.41, 5.74) is -0.204. The molecule has 0 atom stereocenters. The molecule has 0 saturated carbocycles. The summed E-state index contributed by atoms with van der Waals surface area (Å²) in [6.45, 7) is 1.28. The number of aromatic carboxylic acids is 1. The maximum absolute atomic E-state index is 13.7. The number of carboxylic acids is 1. The van der Waals surface area contributed by atoms with Gasteiger partial charge in [-0.3, -0.25) is 4.79 Å². The number of carboxylic acid groups (broad SMARTS) is 1. The normalized spacial score (nSPS) is 15.5. The Kier molecular flexibility index (Phi) is 3.60. The van der Waals surface area contributed by atoms with E-state index < -0.39 is 11.8 Å². The number of nitrogens with zero attached hydrogens (tertiary/aromatic N) is 1. The summed E-state index contributed by atoms with van der Waals surface area (Å²) >= 11 is 0. The second-order valence-corrected chi connectivity index (χ2v) is 4.35. The number of likely N-dealkylation sites (tertiary alicyclic amines) is 1.